The van der Waals surface area contributed by atoms with Crippen molar-refractivity contribution < 1.29 is 23.2 Å². The van der Waals surface area contributed by atoms with Gasteiger partial charge < -0.3 is 9.84 Å². The van der Waals surface area contributed by atoms with E-state index < -0.39 is 28.1 Å². The summed E-state index contributed by atoms with van der Waals surface area (Å²) in [5.41, 5.74) is -0.464. The van der Waals surface area contributed by atoms with Crippen molar-refractivity contribution in [1.82, 2.24) is 0 Å². The van der Waals surface area contributed by atoms with Crippen molar-refractivity contribution in [2.45, 2.75) is 18.7 Å². The predicted octanol–water partition coefficient (Wildman–Crippen LogP) is 2.30. The SMILES string of the molecule is CC(C)COCCS(=O)c1ccc(F)c(C(=O)O)c1. The van der Waals surface area contributed by atoms with Crippen LogP contribution in [0.5, 0.6) is 0 Å². The van der Waals surface area contributed by atoms with Crippen molar-refractivity contribution >= 4 is 16.8 Å². The molecule has 0 heterocycles. The molecule has 0 aromatic heterocycles. The fourth-order valence-corrected chi connectivity index (χ4v) is 2.36. The Kier molecular flexibility index (Phi) is 6.11. The number of ether oxygens (including phenoxy) is 1. The average Bonchev–Trinajstić information content (AvgIpc) is 2.34. The smallest absolute Gasteiger partial charge is 0.338 e. The molecule has 0 fully saturated rings. The summed E-state index contributed by atoms with van der Waals surface area (Å²) in [6.07, 6.45) is 0. The number of aromatic carboxylic acids is 1. The summed E-state index contributed by atoms with van der Waals surface area (Å²) in [7, 11) is -1.39. The summed E-state index contributed by atoms with van der Waals surface area (Å²) >= 11 is 0. The molecule has 1 unspecified atom stereocenters. The molecule has 0 aliphatic heterocycles. The summed E-state index contributed by atoms with van der Waals surface area (Å²) in [6.45, 7) is 4.93. The molecule has 0 saturated heterocycles. The molecule has 0 saturated carbocycles. The summed E-state index contributed by atoms with van der Waals surface area (Å²) in [6, 6.07) is 3.46. The Morgan fingerprint density at radius 3 is 2.74 bits per heavy atom. The minimum atomic E-state index is -1.39. The summed E-state index contributed by atoms with van der Waals surface area (Å²) in [4.78, 5) is 11.1. The van der Waals surface area contributed by atoms with Gasteiger partial charge in [0.15, 0.2) is 0 Å². The topological polar surface area (TPSA) is 63.6 Å². The molecule has 0 aliphatic carbocycles. The minimum Gasteiger partial charge on any atom is -0.478 e. The van der Waals surface area contributed by atoms with Crippen molar-refractivity contribution in [3.05, 3.63) is 29.6 Å². The van der Waals surface area contributed by atoms with Crippen LogP contribution in [0.2, 0.25) is 0 Å². The predicted molar refractivity (Wildman–Crippen MR) is 70.3 cm³/mol. The average molecular weight is 288 g/mol. The second-order valence-corrected chi connectivity index (χ2v) is 6.04. The first-order valence-electron chi connectivity index (χ1n) is 5.90. The van der Waals surface area contributed by atoms with Crippen LogP contribution in [0.3, 0.4) is 0 Å². The minimum absolute atomic E-state index is 0.261. The van der Waals surface area contributed by atoms with E-state index in [2.05, 4.69) is 0 Å². The first kappa shape index (κ1) is 15.8. The number of benzene rings is 1. The van der Waals surface area contributed by atoms with Gasteiger partial charge in [0.05, 0.1) is 28.7 Å². The van der Waals surface area contributed by atoms with E-state index in [1.807, 2.05) is 13.8 Å². The highest BCUT2D eigenvalue weighted by atomic mass is 32.2. The Hall–Kier alpha value is -1.27. The van der Waals surface area contributed by atoms with Crippen LogP contribution in [0.1, 0.15) is 24.2 Å². The molecule has 1 aromatic carbocycles. The number of halogens is 1. The third-order valence-corrected chi connectivity index (χ3v) is 3.61. The first-order chi connectivity index (χ1) is 8.91. The monoisotopic (exact) mass is 288 g/mol. The molecular weight excluding hydrogens is 271 g/mol. The van der Waals surface area contributed by atoms with Gasteiger partial charge in [0.2, 0.25) is 0 Å². The summed E-state index contributed by atoms with van der Waals surface area (Å²) in [5.74, 6) is -1.54. The molecule has 1 atom stereocenters. The van der Waals surface area contributed by atoms with Crippen LogP contribution in [0.4, 0.5) is 4.39 Å². The maximum absolute atomic E-state index is 13.2. The second kappa shape index (κ2) is 7.35. The lowest BCUT2D eigenvalue weighted by Gasteiger charge is -2.07. The van der Waals surface area contributed by atoms with Crippen molar-refractivity contribution in [3.63, 3.8) is 0 Å². The normalized spacial score (nSPS) is 12.6. The van der Waals surface area contributed by atoms with Crippen molar-refractivity contribution in [3.8, 4) is 0 Å². The molecule has 0 bridgehead atoms. The Balaban J connectivity index is 2.62. The van der Waals surface area contributed by atoms with Gasteiger partial charge in [0.25, 0.3) is 0 Å². The Morgan fingerprint density at radius 1 is 1.47 bits per heavy atom. The number of carbonyl (C=O) groups is 1. The van der Waals surface area contributed by atoms with Gasteiger partial charge in [0, 0.05) is 11.5 Å². The standard InChI is InChI=1S/C13H17FO4S/c1-9(2)8-18-5-6-19(17)10-3-4-12(14)11(7-10)13(15)16/h3-4,7,9H,5-6,8H2,1-2H3,(H,15,16). The third kappa shape index (κ3) is 5.08. The molecule has 0 aliphatic rings. The fraction of sp³-hybridized carbons (Fsp3) is 0.462. The molecule has 0 radical (unpaired) electrons. The van der Waals surface area contributed by atoms with E-state index in [1.165, 1.54) is 6.07 Å². The van der Waals surface area contributed by atoms with Crippen molar-refractivity contribution in [1.29, 1.82) is 0 Å². The molecule has 0 spiro atoms. The van der Waals surface area contributed by atoms with E-state index in [9.17, 15) is 13.4 Å². The Bertz CT molecular complexity index is 474. The van der Waals surface area contributed by atoms with Gasteiger partial charge in [-0.25, -0.2) is 9.18 Å². The van der Waals surface area contributed by atoms with Crippen LogP contribution in [0.15, 0.2) is 23.1 Å². The molecule has 1 N–H and O–H groups in total. The lowest BCUT2D eigenvalue weighted by Crippen LogP contribution is -2.11. The van der Waals surface area contributed by atoms with E-state index in [-0.39, 0.29) is 5.75 Å². The lowest BCUT2D eigenvalue weighted by atomic mass is 10.2. The summed E-state index contributed by atoms with van der Waals surface area (Å²) < 4.78 is 30.4. The second-order valence-electron chi connectivity index (χ2n) is 4.47. The van der Waals surface area contributed by atoms with E-state index in [0.717, 1.165) is 12.1 Å². The van der Waals surface area contributed by atoms with Gasteiger partial charge in [0.1, 0.15) is 5.82 Å². The van der Waals surface area contributed by atoms with Gasteiger partial charge in [-0.05, 0) is 24.1 Å². The Labute approximate surface area is 114 Å². The molecule has 1 aromatic rings. The van der Waals surface area contributed by atoms with Crippen molar-refractivity contribution in [2.24, 2.45) is 5.92 Å². The van der Waals surface area contributed by atoms with Gasteiger partial charge in [-0.15, -0.1) is 0 Å². The van der Waals surface area contributed by atoms with Crippen LogP contribution < -0.4 is 0 Å². The zero-order chi connectivity index (χ0) is 14.4. The van der Waals surface area contributed by atoms with Crippen molar-refractivity contribution in [2.75, 3.05) is 19.0 Å². The molecule has 4 nitrogen and oxygen atoms in total. The van der Waals surface area contributed by atoms with Gasteiger partial charge >= 0.3 is 5.97 Å². The first-order valence-corrected chi connectivity index (χ1v) is 7.22. The third-order valence-electron chi connectivity index (χ3n) is 2.30. The van der Waals surface area contributed by atoms with Gasteiger partial charge in [-0.3, -0.25) is 4.21 Å². The highest BCUT2D eigenvalue weighted by molar-refractivity contribution is 7.85. The number of carboxylic acid groups (broad SMARTS) is 1. The maximum atomic E-state index is 13.2. The van der Waals surface area contributed by atoms with Crippen LogP contribution in [0.25, 0.3) is 0 Å². The van der Waals surface area contributed by atoms with E-state index in [0.29, 0.717) is 24.0 Å². The number of rotatable bonds is 7. The van der Waals surface area contributed by atoms with Crippen LogP contribution >= 0.6 is 0 Å². The largest absolute Gasteiger partial charge is 0.478 e. The van der Waals surface area contributed by atoms with E-state index in [4.69, 9.17) is 9.84 Å². The lowest BCUT2D eigenvalue weighted by molar-refractivity contribution is 0.0691. The number of hydrogen-bond donors (Lipinski definition) is 1. The summed E-state index contributed by atoms with van der Waals surface area (Å²) in [5, 5.41) is 8.78. The fourth-order valence-electron chi connectivity index (χ4n) is 1.38. The highest BCUT2D eigenvalue weighted by Gasteiger charge is 2.13. The molecular formula is C13H17FO4S. The van der Waals surface area contributed by atoms with Crippen LogP contribution in [-0.2, 0) is 15.5 Å². The number of carboxylic acids is 1. The highest BCUT2D eigenvalue weighted by Crippen LogP contribution is 2.14. The van der Waals surface area contributed by atoms with Gasteiger partial charge in [-0.2, -0.15) is 0 Å². The molecule has 0 amide bonds. The van der Waals surface area contributed by atoms with Crippen LogP contribution in [-0.4, -0.2) is 34.3 Å². The molecule has 6 heteroatoms. The molecule has 106 valence electrons. The van der Waals surface area contributed by atoms with E-state index >= 15 is 0 Å². The van der Waals surface area contributed by atoms with E-state index in [1.54, 1.807) is 0 Å². The maximum Gasteiger partial charge on any atom is 0.338 e. The zero-order valence-corrected chi connectivity index (χ0v) is 11.7. The Morgan fingerprint density at radius 2 is 2.16 bits per heavy atom. The van der Waals surface area contributed by atoms with Gasteiger partial charge in [-0.1, -0.05) is 13.8 Å². The molecule has 19 heavy (non-hydrogen) atoms. The van der Waals surface area contributed by atoms with Crippen LogP contribution in [0, 0.1) is 11.7 Å². The number of hydrogen-bond acceptors (Lipinski definition) is 3. The quantitative estimate of drug-likeness (QED) is 0.782. The molecule has 1 rings (SSSR count). The zero-order valence-electron chi connectivity index (χ0n) is 10.9.